The summed E-state index contributed by atoms with van der Waals surface area (Å²) in [6, 6.07) is 7.74. The third kappa shape index (κ3) is 5.30. The molecule has 1 N–H and O–H groups in total. The highest BCUT2D eigenvalue weighted by atomic mass is 16.5. The van der Waals surface area contributed by atoms with Gasteiger partial charge in [-0.3, -0.25) is 4.79 Å². The number of aliphatic hydroxyl groups is 1. The van der Waals surface area contributed by atoms with E-state index in [1.54, 1.807) is 0 Å². The Morgan fingerprint density at radius 1 is 1.26 bits per heavy atom. The second kappa shape index (κ2) is 6.57. The van der Waals surface area contributed by atoms with Crippen LogP contribution in [0.3, 0.4) is 0 Å². The molecular formula is C15H22O4. The predicted molar refractivity (Wildman–Crippen MR) is 73.3 cm³/mol. The fourth-order valence-electron chi connectivity index (χ4n) is 1.58. The molecule has 0 unspecified atom stereocenters. The molecule has 1 aromatic carbocycles. The van der Waals surface area contributed by atoms with Crippen molar-refractivity contribution in [2.24, 2.45) is 0 Å². The van der Waals surface area contributed by atoms with Crippen molar-refractivity contribution in [1.29, 1.82) is 0 Å². The molecule has 0 fully saturated rings. The van der Waals surface area contributed by atoms with Gasteiger partial charge in [0.05, 0.1) is 19.6 Å². The van der Waals surface area contributed by atoms with E-state index in [1.165, 1.54) is 12.7 Å². The largest absolute Gasteiger partial charge is 0.491 e. The molecule has 0 bridgehead atoms. The molecule has 0 aromatic heterocycles. The van der Waals surface area contributed by atoms with Crippen LogP contribution in [0.25, 0.3) is 0 Å². The maximum Gasteiger partial charge on any atom is 0.308 e. The van der Waals surface area contributed by atoms with Crippen LogP contribution in [0.5, 0.6) is 5.75 Å². The molecular weight excluding hydrogens is 244 g/mol. The van der Waals surface area contributed by atoms with Crippen molar-refractivity contribution >= 4 is 5.97 Å². The van der Waals surface area contributed by atoms with Crippen LogP contribution in [0.4, 0.5) is 0 Å². The molecule has 0 saturated carbocycles. The zero-order valence-corrected chi connectivity index (χ0v) is 12.0. The summed E-state index contributed by atoms with van der Waals surface area (Å²) in [5.74, 6) is 0.232. The molecule has 19 heavy (non-hydrogen) atoms. The second-order valence-corrected chi connectivity index (χ2v) is 5.52. The number of methoxy groups -OCH3 is 1. The Labute approximate surface area is 114 Å². The summed E-state index contributed by atoms with van der Waals surface area (Å²) in [6.07, 6.45) is -0.911. The first-order valence-corrected chi connectivity index (χ1v) is 6.31. The number of ether oxygens (including phenoxy) is 2. The SMILES string of the molecule is COC(=O)C[C@H](O)COc1ccc(C(C)(C)C)cc1. The van der Waals surface area contributed by atoms with Crippen LogP contribution in [-0.4, -0.2) is 30.9 Å². The van der Waals surface area contributed by atoms with Gasteiger partial charge in [-0.05, 0) is 23.1 Å². The van der Waals surface area contributed by atoms with E-state index in [2.05, 4.69) is 25.5 Å². The maximum atomic E-state index is 11.0. The molecule has 1 atom stereocenters. The first kappa shape index (κ1) is 15.5. The van der Waals surface area contributed by atoms with Crippen molar-refractivity contribution in [3.8, 4) is 5.75 Å². The minimum absolute atomic E-state index is 0.0590. The van der Waals surface area contributed by atoms with Gasteiger partial charge in [0.2, 0.25) is 0 Å². The van der Waals surface area contributed by atoms with Crippen LogP contribution in [0.2, 0.25) is 0 Å². The lowest BCUT2D eigenvalue weighted by Crippen LogP contribution is -2.22. The Morgan fingerprint density at radius 2 is 1.84 bits per heavy atom. The lowest BCUT2D eigenvalue weighted by atomic mass is 9.87. The van der Waals surface area contributed by atoms with Crippen LogP contribution in [0, 0.1) is 0 Å². The van der Waals surface area contributed by atoms with E-state index >= 15 is 0 Å². The van der Waals surface area contributed by atoms with Gasteiger partial charge in [0, 0.05) is 0 Å². The summed E-state index contributed by atoms with van der Waals surface area (Å²) in [6.45, 7) is 6.50. The van der Waals surface area contributed by atoms with E-state index in [4.69, 9.17) is 4.74 Å². The molecule has 0 radical (unpaired) electrons. The number of carbonyl (C=O) groups is 1. The zero-order valence-electron chi connectivity index (χ0n) is 12.0. The second-order valence-electron chi connectivity index (χ2n) is 5.52. The third-order valence-corrected chi connectivity index (χ3v) is 2.79. The molecule has 0 saturated heterocycles. The van der Waals surface area contributed by atoms with Crippen molar-refractivity contribution in [1.82, 2.24) is 0 Å². The van der Waals surface area contributed by atoms with Gasteiger partial charge in [0.25, 0.3) is 0 Å². The van der Waals surface area contributed by atoms with Gasteiger partial charge >= 0.3 is 5.97 Å². The van der Waals surface area contributed by atoms with E-state index < -0.39 is 12.1 Å². The van der Waals surface area contributed by atoms with Gasteiger partial charge in [0.1, 0.15) is 12.4 Å². The Morgan fingerprint density at radius 3 is 2.32 bits per heavy atom. The summed E-state index contributed by atoms with van der Waals surface area (Å²) < 4.78 is 9.89. The first-order chi connectivity index (χ1) is 8.82. The smallest absolute Gasteiger partial charge is 0.308 e. The fraction of sp³-hybridized carbons (Fsp3) is 0.533. The lowest BCUT2D eigenvalue weighted by molar-refractivity contribution is -0.143. The number of rotatable bonds is 5. The molecule has 0 aliphatic rings. The summed E-state index contributed by atoms with van der Waals surface area (Å²) >= 11 is 0. The molecule has 0 amide bonds. The molecule has 4 nitrogen and oxygen atoms in total. The quantitative estimate of drug-likeness (QED) is 0.831. The maximum absolute atomic E-state index is 11.0. The van der Waals surface area contributed by atoms with E-state index in [-0.39, 0.29) is 18.4 Å². The Bertz CT molecular complexity index is 403. The molecule has 0 heterocycles. The minimum atomic E-state index is -0.852. The highest BCUT2D eigenvalue weighted by Crippen LogP contribution is 2.24. The number of hydrogen-bond donors (Lipinski definition) is 1. The number of aliphatic hydroxyl groups excluding tert-OH is 1. The van der Waals surface area contributed by atoms with Crippen molar-refractivity contribution in [2.45, 2.75) is 38.7 Å². The Hall–Kier alpha value is -1.55. The highest BCUT2D eigenvalue weighted by Gasteiger charge is 2.14. The van der Waals surface area contributed by atoms with Crippen molar-refractivity contribution < 1.29 is 19.4 Å². The average molecular weight is 266 g/mol. The van der Waals surface area contributed by atoms with E-state index in [0.29, 0.717) is 5.75 Å². The predicted octanol–water partition coefficient (Wildman–Crippen LogP) is 2.29. The fourth-order valence-corrected chi connectivity index (χ4v) is 1.58. The number of carbonyl (C=O) groups excluding carboxylic acids is 1. The first-order valence-electron chi connectivity index (χ1n) is 6.31. The topological polar surface area (TPSA) is 55.8 Å². The molecule has 1 aromatic rings. The monoisotopic (exact) mass is 266 g/mol. The average Bonchev–Trinajstić information content (AvgIpc) is 2.35. The standard InChI is InChI=1S/C15H22O4/c1-15(2,3)11-5-7-13(8-6-11)19-10-12(16)9-14(17)18-4/h5-8,12,16H,9-10H2,1-4H3/t12-/m0/s1. The molecule has 1 rings (SSSR count). The van der Waals surface area contributed by atoms with Crippen molar-refractivity contribution in [2.75, 3.05) is 13.7 Å². The molecule has 0 aliphatic carbocycles. The van der Waals surface area contributed by atoms with E-state index in [1.807, 2.05) is 24.3 Å². The summed E-state index contributed by atoms with van der Waals surface area (Å²) in [4.78, 5) is 11.0. The van der Waals surface area contributed by atoms with Gasteiger partial charge < -0.3 is 14.6 Å². The Kier molecular flexibility index (Phi) is 5.36. The lowest BCUT2D eigenvalue weighted by Gasteiger charge is -2.19. The Balaban J connectivity index is 2.48. The van der Waals surface area contributed by atoms with Gasteiger partial charge in [-0.2, -0.15) is 0 Å². The van der Waals surface area contributed by atoms with Crippen LogP contribution in [-0.2, 0) is 14.9 Å². The highest BCUT2D eigenvalue weighted by molar-refractivity contribution is 5.69. The van der Waals surface area contributed by atoms with Crippen LogP contribution >= 0.6 is 0 Å². The van der Waals surface area contributed by atoms with E-state index in [0.717, 1.165) is 0 Å². The van der Waals surface area contributed by atoms with Crippen molar-refractivity contribution in [3.63, 3.8) is 0 Å². The molecule has 4 heteroatoms. The van der Waals surface area contributed by atoms with Gasteiger partial charge in [-0.25, -0.2) is 0 Å². The van der Waals surface area contributed by atoms with E-state index in [9.17, 15) is 9.90 Å². The summed E-state index contributed by atoms with van der Waals surface area (Å²) in [5.41, 5.74) is 1.32. The van der Waals surface area contributed by atoms with Crippen LogP contribution < -0.4 is 4.74 Å². The summed E-state index contributed by atoms with van der Waals surface area (Å²) in [7, 11) is 1.29. The number of esters is 1. The van der Waals surface area contributed by atoms with Crippen LogP contribution in [0.15, 0.2) is 24.3 Å². The third-order valence-electron chi connectivity index (χ3n) is 2.79. The zero-order chi connectivity index (χ0) is 14.5. The van der Waals surface area contributed by atoms with Gasteiger partial charge in [-0.15, -0.1) is 0 Å². The summed E-state index contributed by atoms with van der Waals surface area (Å²) in [5, 5.41) is 9.57. The van der Waals surface area contributed by atoms with Crippen molar-refractivity contribution in [3.05, 3.63) is 29.8 Å². The molecule has 106 valence electrons. The van der Waals surface area contributed by atoms with Gasteiger partial charge in [-0.1, -0.05) is 32.9 Å². The number of hydrogen-bond acceptors (Lipinski definition) is 4. The van der Waals surface area contributed by atoms with Crippen LogP contribution in [0.1, 0.15) is 32.8 Å². The normalized spacial score (nSPS) is 12.9. The molecule has 0 aliphatic heterocycles. The minimum Gasteiger partial charge on any atom is -0.491 e. The van der Waals surface area contributed by atoms with Gasteiger partial charge in [0.15, 0.2) is 0 Å². The number of benzene rings is 1. The molecule has 0 spiro atoms.